The molecule has 0 fully saturated rings. The molecule has 6 heteroatoms. The molecule has 100 valence electrons. The lowest BCUT2D eigenvalue weighted by Crippen LogP contribution is -2.35. The van der Waals surface area contributed by atoms with Gasteiger partial charge in [-0.05, 0) is 12.1 Å². The molecule has 18 heavy (non-hydrogen) atoms. The molecule has 2 N–H and O–H groups in total. The zero-order valence-electron chi connectivity index (χ0n) is 10.3. The van der Waals surface area contributed by atoms with Gasteiger partial charge in [-0.25, -0.2) is 4.39 Å². The Labute approximate surface area is 105 Å². The Kier molecular flexibility index (Phi) is 5.54. The van der Waals surface area contributed by atoms with Gasteiger partial charge in [0, 0.05) is 26.8 Å². The van der Waals surface area contributed by atoms with E-state index in [0.29, 0.717) is 6.61 Å². The highest BCUT2D eigenvalue weighted by atomic mass is 19.1. The van der Waals surface area contributed by atoms with Gasteiger partial charge in [0.1, 0.15) is 11.6 Å². The first-order valence-electron chi connectivity index (χ1n) is 5.37. The summed E-state index contributed by atoms with van der Waals surface area (Å²) in [5.74, 6) is -1.56. The second kappa shape index (κ2) is 6.93. The van der Waals surface area contributed by atoms with Crippen LogP contribution in [0.4, 0.5) is 4.39 Å². The minimum absolute atomic E-state index is 0.125. The fraction of sp³-hybridized carbons (Fsp3) is 0.417. The van der Waals surface area contributed by atoms with Crippen molar-refractivity contribution in [2.75, 3.05) is 27.4 Å². The topological polar surface area (TPSA) is 67.8 Å². The fourth-order valence-corrected chi connectivity index (χ4v) is 1.39. The van der Waals surface area contributed by atoms with Gasteiger partial charge in [0.05, 0.1) is 18.3 Å². The molecule has 0 spiro atoms. The largest absolute Gasteiger partial charge is 0.508 e. The molecule has 0 saturated heterocycles. The first-order chi connectivity index (χ1) is 8.58. The van der Waals surface area contributed by atoms with Crippen molar-refractivity contribution in [1.29, 1.82) is 0 Å². The summed E-state index contributed by atoms with van der Waals surface area (Å²) in [6.07, 6.45) is -0.292. The molecular formula is C12H16FNO4. The number of phenolic OH excluding ortho intramolecular Hbond substituents is 1. The summed E-state index contributed by atoms with van der Waals surface area (Å²) < 4.78 is 23.3. The van der Waals surface area contributed by atoms with Crippen LogP contribution in [0.1, 0.15) is 10.4 Å². The molecule has 0 bridgehead atoms. The van der Waals surface area contributed by atoms with E-state index in [4.69, 9.17) is 14.6 Å². The van der Waals surface area contributed by atoms with Crippen LogP contribution in [-0.2, 0) is 9.47 Å². The van der Waals surface area contributed by atoms with Crippen LogP contribution >= 0.6 is 0 Å². The molecule has 0 saturated carbocycles. The first kappa shape index (κ1) is 14.4. The molecule has 0 aliphatic heterocycles. The van der Waals surface area contributed by atoms with Crippen LogP contribution in [0.15, 0.2) is 18.2 Å². The highest BCUT2D eigenvalue weighted by Gasteiger charge is 2.14. The number of carbonyl (C=O) groups is 1. The lowest BCUT2D eigenvalue weighted by molar-refractivity contribution is 0.0285. The molecule has 1 amide bonds. The number of rotatable bonds is 6. The molecule has 0 radical (unpaired) electrons. The van der Waals surface area contributed by atoms with Crippen LogP contribution in [0.25, 0.3) is 0 Å². The zero-order chi connectivity index (χ0) is 13.5. The van der Waals surface area contributed by atoms with E-state index in [-0.39, 0.29) is 24.0 Å². The summed E-state index contributed by atoms with van der Waals surface area (Å²) >= 11 is 0. The fourth-order valence-electron chi connectivity index (χ4n) is 1.39. The first-order valence-corrected chi connectivity index (χ1v) is 5.37. The van der Waals surface area contributed by atoms with Gasteiger partial charge in [-0.1, -0.05) is 0 Å². The quantitative estimate of drug-likeness (QED) is 0.795. The van der Waals surface area contributed by atoms with Crippen LogP contribution in [0.2, 0.25) is 0 Å². The summed E-state index contributed by atoms with van der Waals surface area (Å²) in [6.45, 7) is 0.540. The van der Waals surface area contributed by atoms with Gasteiger partial charge in [-0.2, -0.15) is 0 Å². The Bertz CT molecular complexity index is 411. The number of carbonyl (C=O) groups excluding carboxylic acids is 1. The van der Waals surface area contributed by atoms with Crippen molar-refractivity contribution >= 4 is 5.91 Å². The van der Waals surface area contributed by atoms with E-state index in [1.165, 1.54) is 26.4 Å². The number of hydrogen-bond donors (Lipinski definition) is 2. The number of aromatic hydroxyl groups is 1. The van der Waals surface area contributed by atoms with E-state index in [9.17, 15) is 9.18 Å². The van der Waals surface area contributed by atoms with Gasteiger partial charge in [-0.3, -0.25) is 4.79 Å². The summed E-state index contributed by atoms with van der Waals surface area (Å²) in [5.41, 5.74) is -0.125. The maximum atomic E-state index is 13.4. The number of halogens is 1. The van der Waals surface area contributed by atoms with Crippen molar-refractivity contribution in [3.8, 4) is 5.75 Å². The molecule has 1 aromatic carbocycles. The Hall–Kier alpha value is -1.66. The number of methoxy groups -OCH3 is 2. The average molecular weight is 257 g/mol. The standard InChI is InChI=1S/C12H16FNO4/c1-17-7-9(18-2)6-14-12(16)10-4-3-8(15)5-11(10)13/h3-5,9,15H,6-7H2,1-2H3,(H,14,16). The van der Waals surface area contributed by atoms with Crippen molar-refractivity contribution in [2.45, 2.75) is 6.10 Å². The van der Waals surface area contributed by atoms with Crippen molar-refractivity contribution in [1.82, 2.24) is 5.32 Å². The van der Waals surface area contributed by atoms with Gasteiger partial charge >= 0.3 is 0 Å². The maximum absolute atomic E-state index is 13.4. The van der Waals surface area contributed by atoms with E-state index in [0.717, 1.165) is 6.07 Å². The Morgan fingerprint density at radius 1 is 1.50 bits per heavy atom. The Morgan fingerprint density at radius 3 is 2.78 bits per heavy atom. The summed E-state index contributed by atoms with van der Waals surface area (Å²) in [4.78, 5) is 11.7. The SMILES string of the molecule is COCC(CNC(=O)c1ccc(O)cc1F)OC. The summed E-state index contributed by atoms with van der Waals surface area (Å²) in [7, 11) is 3.02. The van der Waals surface area contributed by atoms with Crippen molar-refractivity contribution < 1.29 is 23.8 Å². The molecular weight excluding hydrogens is 241 g/mol. The van der Waals surface area contributed by atoms with E-state index >= 15 is 0 Å². The van der Waals surface area contributed by atoms with Gasteiger partial charge in [0.2, 0.25) is 0 Å². The predicted molar refractivity (Wildman–Crippen MR) is 63.1 cm³/mol. The summed E-state index contributed by atoms with van der Waals surface area (Å²) in [6, 6.07) is 3.36. The minimum Gasteiger partial charge on any atom is -0.508 e. The highest BCUT2D eigenvalue weighted by Crippen LogP contribution is 2.14. The predicted octanol–water partition coefficient (Wildman–Crippen LogP) is 0.922. The lowest BCUT2D eigenvalue weighted by Gasteiger charge is -2.15. The number of hydrogen-bond acceptors (Lipinski definition) is 4. The van der Waals surface area contributed by atoms with Gasteiger partial charge in [0.25, 0.3) is 5.91 Å². The second-order valence-corrected chi connectivity index (χ2v) is 3.69. The molecule has 5 nitrogen and oxygen atoms in total. The van der Waals surface area contributed by atoms with E-state index in [2.05, 4.69) is 5.32 Å². The lowest BCUT2D eigenvalue weighted by atomic mass is 10.2. The zero-order valence-corrected chi connectivity index (χ0v) is 10.3. The molecule has 0 aliphatic rings. The monoisotopic (exact) mass is 257 g/mol. The number of amides is 1. The van der Waals surface area contributed by atoms with E-state index < -0.39 is 11.7 Å². The molecule has 0 heterocycles. The Morgan fingerprint density at radius 2 is 2.22 bits per heavy atom. The van der Waals surface area contributed by atoms with Crippen molar-refractivity contribution in [2.24, 2.45) is 0 Å². The molecule has 1 unspecified atom stereocenters. The maximum Gasteiger partial charge on any atom is 0.254 e. The van der Waals surface area contributed by atoms with Gasteiger partial charge in [-0.15, -0.1) is 0 Å². The van der Waals surface area contributed by atoms with Crippen molar-refractivity contribution in [3.05, 3.63) is 29.6 Å². The Balaban J connectivity index is 2.59. The van der Waals surface area contributed by atoms with Gasteiger partial charge < -0.3 is 19.9 Å². The highest BCUT2D eigenvalue weighted by molar-refractivity contribution is 5.94. The average Bonchev–Trinajstić information content (AvgIpc) is 2.34. The molecule has 1 atom stereocenters. The van der Waals surface area contributed by atoms with Crippen molar-refractivity contribution in [3.63, 3.8) is 0 Å². The molecule has 0 aliphatic carbocycles. The van der Waals surface area contributed by atoms with Crippen LogP contribution < -0.4 is 5.32 Å². The summed E-state index contributed by atoms with van der Waals surface area (Å²) in [5, 5.41) is 11.6. The van der Waals surface area contributed by atoms with E-state index in [1.807, 2.05) is 0 Å². The normalized spacial score (nSPS) is 12.2. The van der Waals surface area contributed by atoms with Gasteiger partial charge in [0.15, 0.2) is 0 Å². The minimum atomic E-state index is -0.770. The third-order valence-electron chi connectivity index (χ3n) is 2.37. The van der Waals surface area contributed by atoms with E-state index in [1.54, 1.807) is 0 Å². The number of phenols is 1. The number of ether oxygens (including phenoxy) is 2. The van der Waals surface area contributed by atoms with Crippen LogP contribution in [0.3, 0.4) is 0 Å². The third-order valence-corrected chi connectivity index (χ3v) is 2.37. The second-order valence-electron chi connectivity index (χ2n) is 3.69. The molecule has 0 aromatic heterocycles. The smallest absolute Gasteiger partial charge is 0.254 e. The van der Waals surface area contributed by atoms with Crippen LogP contribution in [0.5, 0.6) is 5.75 Å². The van der Waals surface area contributed by atoms with Crippen LogP contribution in [-0.4, -0.2) is 44.5 Å². The number of benzene rings is 1. The molecule has 1 aromatic rings. The molecule has 1 rings (SSSR count). The number of nitrogens with one attached hydrogen (secondary N) is 1. The van der Waals surface area contributed by atoms with Crippen LogP contribution in [0, 0.1) is 5.82 Å². The third kappa shape index (κ3) is 3.97.